The average molecular weight is 431 g/mol. The van der Waals surface area contributed by atoms with Gasteiger partial charge in [0, 0.05) is 19.6 Å². The minimum atomic E-state index is 0. The molecule has 1 rings (SSSR count). The Morgan fingerprint density at radius 3 is 2.74 bits per heavy atom. The molecule has 0 fully saturated rings. The third-order valence-corrected chi connectivity index (χ3v) is 3.27. The Balaban J connectivity index is 0.00000484. The highest BCUT2D eigenvalue weighted by atomic mass is 127. The van der Waals surface area contributed by atoms with Gasteiger partial charge < -0.3 is 15.4 Å². The molecule has 0 heterocycles. The topological polar surface area (TPSA) is 45.7 Å². The summed E-state index contributed by atoms with van der Waals surface area (Å²) < 4.78 is 5.42. The molecule has 0 unspecified atom stereocenters. The number of nitrogens with zero attached hydrogens (tertiary/aromatic N) is 1. The van der Waals surface area contributed by atoms with E-state index in [0.717, 1.165) is 44.2 Å². The standard InChI is InChI=1S/C18H29N3O.HI/c1-5-7-8-12-20-18(19-6-2)21-13-11-16-14-15(3)9-10-17(16)22-4;/h5,7,9-10,14H,6,8,11-13H2,1-4H3,(H2,19,20,21);1H/b7-5+;. The lowest BCUT2D eigenvalue weighted by molar-refractivity contribution is 0.409. The maximum Gasteiger partial charge on any atom is 0.191 e. The molecule has 130 valence electrons. The molecule has 0 spiro atoms. The Morgan fingerprint density at radius 1 is 1.30 bits per heavy atom. The van der Waals surface area contributed by atoms with Crippen molar-refractivity contribution in [2.24, 2.45) is 4.99 Å². The van der Waals surface area contributed by atoms with Crippen LogP contribution in [-0.4, -0.2) is 32.7 Å². The molecule has 0 aromatic heterocycles. The zero-order valence-corrected chi connectivity index (χ0v) is 17.0. The van der Waals surface area contributed by atoms with Gasteiger partial charge in [-0.25, -0.2) is 0 Å². The molecule has 0 aliphatic heterocycles. The van der Waals surface area contributed by atoms with Crippen LogP contribution in [0.1, 0.15) is 31.4 Å². The van der Waals surface area contributed by atoms with Gasteiger partial charge in [-0.15, -0.1) is 24.0 Å². The number of methoxy groups -OCH3 is 1. The molecule has 5 heteroatoms. The molecular weight excluding hydrogens is 401 g/mol. The molecule has 0 aliphatic carbocycles. The highest BCUT2D eigenvalue weighted by Gasteiger charge is 2.04. The van der Waals surface area contributed by atoms with Crippen LogP contribution in [0.2, 0.25) is 0 Å². The van der Waals surface area contributed by atoms with Gasteiger partial charge in [0.2, 0.25) is 0 Å². The zero-order chi connectivity index (χ0) is 16.2. The first kappa shape index (κ1) is 21.8. The van der Waals surface area contributed by atoms with Crippen molar-refractivity contribution in [1.29, 1.82) is 0 Å². The number of benzene rings is 1. The van der Waals surface area contributed by atoms with E-state index in [-0.39, 0.29) is 24.0 Å². The number of aryl methyl sites for hydroxylation is 1. The van der Waals surface area contributed by atoms with E-state index in [9.17, 15) is 0 Å². The predicted octanol–water partition coefficient (Wildman–Crippen LogP) is 3.69. The molecule has 0 saturated carbocycles. The summed E-state index contributed by atoms with van der Waals surface area (Å²) in [4.78, 5) is 4.55. The monoisotopic (exact) mass is 431 g/mol. The van der Waals surface area contributed by atoms with E-state index in [1.807, 2.05) is 13.0 Å². The number of nitrogens with one attached hydrogen (secondary N) is 2. The maximum atomic E-state index is 5.42. The van der Waals surface area contributed by atoms with Crippen molar-refractivity contribution in [3.8, 4) is 5.75 Å². The number of halogens is 1. The van der Waals surface area contributed by atoms with Crippen molar-refractivity contribution in [2.45, 2.75) is 33.6 Å². The molecular formula is C18H30IN3O. The van der Waals surface area contributed by atoms with Crippen molar-refractivity contribution >= 4 is 29.9 Å². The van der Waals surface area contributed by atoms with Gasteiger partial charge in [0.05, 0.1) is 7.11 Å². The van der Waals surface area contributed by atoms with Crippen LogP contribution < -0.4 is 15.4 Å². The molecule has 0 atom stereocenters. The molecule has 0 radical (unpaired) electrons. The third-order valence-electron chi connectivity index (χ3n) is 3.27. The number of guanidine groups is 1. The van der Waals surface area contributed by atoms with Crippen LogP contribution in [-0.2, 0) is 6.42 Å². The van der Waals surface area contributed by atoms with E-state index in [4.69, 9.17) is 4.74 Å². The van der Waals surface area contributed by atoms with E-state index in [0.29, 0.717) is 0 Å². The van der Waals surface area contributed by atoms with Crippen LogP contribution in [0.3, 0.4) is 0 Å². The lowest BCUT2D eigenvalue weighted by atomic mass is 10.1. The SMILES string of the molecule is C/C=C/CCN=C(NCC)NCCc1cc(C)ccc1OC.I. The first-order valence-corrected chi connectivity index (χ1v) is 7.98. The smallest absolute Gasteiger partial charge is 0.191 e. The van der Waals surface area contributed by atoms with Gasteiger partial charge in [-0.1, -0.05) is 29.8 Å². The number of rotatable bonds is 8. The van der Waals surface area contributed by atoms with Gasteiger partial charge in [0.15, 0.2) is 5.96 Å². The Labute approximate surface area is 157 Å². The Kier molecular flexibility index (Phi) is 12.5. The maximum absolute atomic E-state index is 5.42. The zero-order valence-electron chi connectivity index (χ0n) is 14.7. The summed E-state index contributed by atoms with van der Waals surface area (Å²) >= 11 is 0. The molecule has 0 amide bonds. The Morgan fingerprint density at radius 2 is 2.09 bits per heavy atom. The minimum absolute atomic E-state index is 0. The molecule has 1 aromatic carbocycles. The first-order valence-electron chi connectivity index (χ1n) is 7.98. The predicted molar refractivity (Wildman–Crippen MR) is 110 cm³/mol. The van der Waals surface area contributed by atoms with Crippen molar-refractivity contribution in [3.05, 3.63) is 41.5 Å². The number of hydrogen-bond acceptors (Lipinski definition) is 2. The second-order valence-electron chi connectivity index (χ2n) is 5.11. The van der Waals surface area contributed by atoms with E-state index < -0.39 is 0 Å². The van der Waals surface area contributed by atoms with E-state index in [1.54, 1.807) is 7.11 Å². The normalized spacial score (nSPS) is 11.2. The number of aliphatic imine (C=N–C) groups is 1. The molecule has 0 aliphatic rings. The van der Waals surface area contributed by atoms with Crippen LogP contribution in [0.4, 0.5) is 0 Å². The largest absolute Gasteiger partial charge is 0.496 e. The summed E-state index contributed by atoms with van der Waals surface area (Å²) in [7, 11) is 1.72. The Bertz CT molecular complexity index is 501. The van der Waals surface area contributed by atoms with Gasteiger partial charge in [-0.3, -0.25) is 4.99 Å². The lowest BCUT2D eigenvalue weighted by Crippen LogP contribution is -2.38. The third kappa shape index (κ3) is 8.83. The highest BCUT2D eigenvalue weighted by Crippen LogP contribution is 2.19. The highest BCUT2D eigenvalue weighted by molar-refractivity contribution is 14.0. The van der Waals surface area contributed by atoms with Crippen LogP contribution in [0.15, 0.2) is 35.3 Å². The van der Waals surface area contributed by atoms with Gasteiger partial charge in [-0.2, -0.15) is 0 Å². The number of hydrogen-bond donors (Lipinski definition) is 2. The quantitative estimate of drug-likeness (QED) is 0.217. The van der Waals surface area contributed by atoms with E-state index >= 15 is 0 Å². The first-order chi connectivity index (χ1) is 10.7. The second-order valence-corrected chi connectivity index (χ2v) is 5.11. The summed E-state index contributed by atoms with van der Waals surface area (Å²) in [6.07, 6.45) is 6.06. The van der Waals surface area contributed by atoms with Gasteiger partial charge >= 0.3 is 0 Å². The van der Waals surface area contributed by atoms with Crippen LogP contribution in [0.5, 0.6) is 5.75 Å². The number of allylic oxidation sites excluding steroid dienone is 1. The molecule has 0 bridgehead atoms. The summed E-state index contributed by atoms with van der Waals surface area (Å²) in [6, 6.07) is 6.28. The average Bonchev–Trinajstić information content (AvgIpc) is 2.51. The van der Waals surface area contributed by atoms with Crippen molar-refractivity contribution < 1.29 is 4.74 Å². The number of ether oxygens (including phenoxy) is 1. The fourth-order valence-electron chi connectivity index (χ4n) is 2.18. The molecule has 0 saturated heterocycles. The summed E-state index contributed by atoms with van der Waals surface area (Å²) in [6.45, 7) is 8.70. The van der Waals surface area contributed by atoms with Gasteiger partial charge in [0.25, 0.3) is 0 Å². The minimum Gasteiger partial charge on any atom is -0.496 e. The van der Waals surface area contributed by atoms with E-state index in [2.05, 4.69) is 53.8 Å². The second kappa shape index (κ2) is 13.2. The Hall–Kier alpha value is -1.24. The van der Waals surface area contributed by atoms with Crippen molar-refractivity contribution in [2.75, 3.05) is 26.7 Å². The molecule has 23 heavy (non-hydrogen) atoms. The van der Waals surface area contributed by atoms with Crippen LogP contribution in [0.25, 0.3) is 0 Å². The van der Waals surface area contributed by atoms with Crippen LogP contribution in [0, 0.1) is 6.92 Å². The van der Waals surface area contributed by atoms with Gasteiger partial charge in [-0.05, 0) is 45.2 Å². The summed E-state index contributed by atoms with van der Waals surface area (Å²) in [5.74, 6) is 1.82. The van der Waals surface area contributed by atoms with Crippen molar-refractivity contribution in [1.82, 2.24) is 10.6 Å². The van der Waals surface area contributed by atoms with Gasteiger partial charge in [0.1, 0.15) is 5.75 Å². The molecule has 2 N–H and O–H groups in total. The molecule has 1 aromatic rings. The van der Waals surface area contributed by atoms with Crippen molar-refractivity contribution in [3.63, 3.8) is 0 Å². The van der Waals surface area contributed by atoms with Crippen LogP contribution >= 0.6 is 24.0 Å². The lowest BCUT2D eigenvalue weighted by Gasteiger charge is -2.13. The fraction of sp³-hybridized carbons (Fsp3) is 0.500. The summed E-state index contributed by atoms with van der Waals surface area (Å²) in [5, 5.41) is 6.65. The van der Waals surface area contributed by atoms with E-state index in [1.165, 1.54) is 11.1 Å². The fourth-order valence-corrected chi connectivity index (χ4v) is 2.18. The summed E-state index contributed by atoms with van der Waals surface area (Å²) in [5.41, 5.74) is 2.47. The molecule has 4 nitrogen and oxygen atoms in total.